The summed E-state index contributed by atoms with van der Waals surface area (Å²) in [6, 6.07) is 11.5. The molecule has 1 unspecified atom stereocenters. The van der Waals surface area contributed by atoms with Crippen molar-refractivity contribution < 1.29 is 19.0 Å². The highest BCUT2D eigenvalue weighted by atomic mass is 16.7. The van der Waals surface area contributed by atoms with Gasteiger partial charge in [0, 0.05) is 5.56 Å². The maximum absolute atomic E-state index is 12.8. The van der Waals surface area contributed by atoms with Crippen molar-refractivity contribution in [3.63, 3.8) is 0 Å². The molecule has 4 nitrogen and oxygen atoms in total. The predicted molar refractivity (Wildman–Crippen MR) is 111 cm³/mol. The highest BCUT2D eigenvalue weighted by Crippen LogP contribution is 2.46. The zero-order chi connectivity index (χ0) is 20.7. The van der Waals surface area contributed by atoms with Gasteiger partial charge in [-0.2, -0.15) is 0 Å². The van der Waals surface area contributed by atoms with Crippen molar-refractivity contribution in [2.75, 3.05) is 7.11 Å². The van der Waals surface area contributed by atoms with Crippen LogP contribution in [0.15, 0.2) is 36.4 Å². The molecule has 0 amide bonds. The second kappa shape index (κ2) is 7.16. The largest absolute Gasteiger partial charge is 0.496 e. The highest BCUT2D eigenvalue weighted by Gasteiger charge is 2.34. The summed E-state index contributed by atoms with van der Waals surface area (Å²) in [5, 5.41) is 0. The molecule has 2 aromatic carbocycles. The second-order valence-electron chi connectivity index (χ2n) is 9.34. The Morgan fingerprint density at radius 1 is 1.00 bits per heavy atom. The number of ketones is 1. The van der Waals surface area contributed by atoms with Crippen molar-refractivity contribution in [3.8, 4) is 17.2 Å². The fraction of sp³-hybridized carbons (Fsp3) is 0.458. The van der Waals surface area contributed by atoms with Gasteiger partial charge in [0.15, 0.2) is 17.3 Å². The van der Waals surface area contributed by atoms with Crippen molar-refractivity contribution in [2.24, 2.45) is 0 Å². The molecule has 0 aliphatic carbocycles. The van der Waals surface area contributed by atoms with Gasteiger partial charge in [0.05, 0.1) is 19.1 Å². The standard InChI is InChI=1S/C24H30O4/c1-23(2,3)15-12-17(24(4,5)6)22-20(13-15)27-21(28-22)14-18(25)16-10-8-9-11-19(16)26-7/h8-13,21H,14H2,1-7H3. The Hall–Kier alpha value is -2.49. The van der Waals surface area contributed by atoms with E-state index >= 15 is 0 Å². The first kappa shape index (κ1) is 20.2. The number of ether oxygens (including phenoxy) is 3. The number of carbonyl (C=O) groups excluding carboxylic acids is 1. The molecule has 3 rings (SSSR count). The molecule has 0 spiro atoms. The molecule has 150 valence electrons. The maximum atomic E-state index is 12.8. The van der Waals surface area contributed by atoms with Gasteiger partial charge in [0.1, 0.15) is 5.75 Å². The summed E-state index contributed by atoms with van der Waals surface area (Å²) in [4.78, 5) is 12.8. The molecule has 1 heterocycles. The lowest BCUT2D eigenvalue weighted by atomic mass is 9.80. The molecule has 0 fully saturated rings. The molecule has 0 N–H and O–H groups in total. The third-order valence-corrected chi connectivity index (χ3v) is 5.00. The van der Waals surface area contributed by atoms with Crippen LogP contribution in [0, 0.1) is 0 Å². The van der Waals surface area contributed by atoms with E-state index in [2.05, 4.69) is 47.6 Å². The molecule has 0 saturated heterocycles. The normalized spacial score (nSPS) is 16.2. The third-order valence-electron chi connectivity index (χ3n) is 5.00. The fourth-order valence-electron chi connectivity index (χ4n) is 3.32. The molecule has 0 aromatic heterocycles. The maximum Gasteiger partial charge on any atom is 0.248 e. The van der Waals surface area contributed by atoms with Crippen LogP contribution in [0.4, 0.5) is 0 Å². The number of hydrogen-bond donors (Lipinski definition) is 0. The molecular formula is C24H30O4. The van der Waals surface area contributed by atoms with E-state index in [1.54, 1.807) is 19.2 Å². The van der Waals surface area contributed by atoms with Gasteiger partial charge in [0.25, 0.3) is 0 Å². The third kappa shape index (κ3) is 4.01. The Morgan fingerprint density at radius 3 is 2.29 bits per heavy atom. The van der Waals surface area contributed by atoms with E-state index in [1.807, 2.05) is 18.2 Å². The van der Waals surface area contributed by atoms with Crippen molar-refractivity contribution in [1.82, 2.24) is 0 Å². The summed E-state index contributed by atoms with van der Waals surface area (Å²) < 4.78 is 17.5. The molecule has 2 aromatic rings. The molecule has 1 aliphatic rings. The van der Waals surface area contributed by atoms with Gasteiger partial charge < -0.3 is 14.2 Å². The smallest absolute Gasteiger partial charge is 0.248 e. The van der Waals surface area contributed by atoms with E-state index < -0.39 is 6.29 Å². The number of hydrogen-bond acceptors (Lipinski definition) is 4. The number of para-hydroxylation sites is 1. The van der Waals surface area contributed by atoms with E-state index in [4.69, 9.17) is 14.2 Å². The van der Waals surface area contributed by atoms with Crippen LogP contribution in [-0.2, 0) is 10.8 Å². The Kier molecular flexibility index (Phi) is 5.18. The van der Waals surface area contributed by atoms with Crippen molar-refractivity contribution >= 4 is 5.78 Å². The van der Waals surface area contributed by atoms with Crippen LogP contribution < -0.4 is 14.2 Å². The Bertz CT molecular complexity index is 884. The number of fused-ring (bicyclic) bond motifs is 1. The number of methoxy groups -OCH3 is 1. The Labute approximate surface area is 167 Å². The van der Waals surface area contributed by atoms with Crippen LogP contribution in [0.5, 0.6) is 17.2 Å². The minimum atomic E-state index is -0.635. The van der Waals surface area contributed by atoms with Crippen molar-refractivity contribution in [1.29, 1.82) is 0 Å². The average Bonchev–Trinajstić information content (AvgIpc) is 3.01. The van der Waals surface area contributed by atoms with E-state index in [0.717, 1.165) is 17.1 Å². The summed E-state index contributed by atoms with van der Waals surface area (Å²) in [7, 11) is 1.56. The SMILES string of the molecule is COc1ccccc1C(=O)CC1Oc2cc(C(C)(C)C)cc(C(C)(C)C)c2O1. The van der Waals surface area contributed by atoms with E-state index in [9.17, 15) is 4.79 Å². The molecule has 4 heteroatoms. The minimum Gasteiger partial charge on any atom is -0.496 e. The van der Waals surface area contributed by atoms with Crippen LogP contribution >= 0.6 is 0 Å². The Morgan fingerprint density at radius 2 is 1.68 bits per heavy atom. The van der Waals surface area contributed by atoms with Gasteiger partial charge in [-0.15, -0.1) is 0 Å². The van der Waals surface area contributed by atoms with Gasteiger partial charge in [-0.3, -0.25) is 4.79 Å². The first-order chi connectivity index (χ1) is 13.0. The lowest BCUT2D eigenvalue weighted by Crippen LogP contribution is -2.23. The molecule has 0 bridgehead atoms. The summed E-state index contributed by atoms with van der Waals surface area (Å²) in [5.74, 6) is 1.96. The van der Waals surface area contributed by atoms with Crippen molar-refractivity contribution in [3.05, 3.63) is 53.1 Å². The van der Waals surface area contributed by atoms with Crippen LogP contribution in [-0.4, -0.2) is 19.2 Å². The molecular weight excluding hydrogens is 352 g/mol. The predicted octanol–water partition coefficient (Wildman–Crippen LogP) is 5.66. The van der Waals surface area contributed by atoms with Crippen molar-refractivity contribution in [2.45, 2.75) is 65.1 Å². The quantitative estimate of drug-likeness (QED) is 0.640. The lowest BCUT2D eigenvalue weighted by Gasteiger charge is -2.26. The molecule has 0 radical (unpaired) electrons. The molecule has 1 aliphatic heterocycles. The van der Waals surface area contributed by atoms with Gasteiger partial charge in [-0.05, 0) is 34.6 Å². The molecule has 28 heavy (non-hydrogen) atoms. The highest BCUT2D eigenvalue weighted by molar-refractivity contribution is 5.98. The van der Waals surface area contributed by atoms with Crippen LogP contribution in [0.25, 0.3) is 0 Å². The van der Waals surface area contributed by atoms with Gasteiger partial charge in [0.2, 0.25) is 6.29 Å². The molecule has 0 saturated carbocycles. The number of Topliss-reactive ketones (excluding diaryl/α,β-unsaturated/α-hetero) is 1. The molecule has 1 atom stereocenters. The number of carbonyl (C=O) groups is 1. The second-order valence-corrected chi connectivity index (χ2v) is 9.34. The summed E-state index contributed by atoms with van der Waals surface area (Å²) in [6.07, 6.45) is -0.507. The van der Waals surface area contributed by atoms with Gasteiger partial charge in [-0.25, -0.2) is 0 Å². The summed E-state index contributed by atoms with van der Waals surface area (Å²) >= 11 is 0. The number of benzene rings is 2. The van der Waals surface area contributed by atoms with Gasteiger partial charge in [-0.1, -0.05) is 59.7 Å². The van der Waals surface area contributed by atoms with E-state index in [-0.39, 0.29) is 23.0 Å². The summed E-state index contributed by atoms with van der Waals surface area (Å²) in [6.45, 7) is 13.0. The Balaban J connectivity index is 1.89. The zero-order valence-corrected chi connectivity index (χ0v) is 17.9. The average molecular weight is 383 g/mol. The topological polar surface area (TPSA) is 44.8 Å². The van der Waals surface area contributed by atoms with Crippen LogP contribution in [0.1, 0.15) is 69.4 Å². The number of rotatable bonds is 4. The van der Waals surface area contributed by atoms with Crippen LogP contribution in [0.3, 0.4) is 0 Å². The van der Waals surface area contributed by atoms with E-state index in [0.29, 0.717) is 11.3 Å². The monoisotopic (exact) mass is 382 g/mol. The first-order valence-corrected chi connectivity index (χ1v) is 9.69. The fourth-order valence-corrected chi connectivity index (χ4v) is 3.32. The van der Waals surface area contributed by atoms with E-state index in [1.165, 1.54) is 5.56 Å². The lowest BCUT2D eigenvalue weighted by molar-refractivity contribution is 0.0385. The minimum absolute atomic E-state index is 0.0102. The van der Waals surface area contributed by atoms with Crippen LogP contribution in [0.2, 0.25) is 0 Å². The summed E-state index contributed by atoms with van der Waals surface area (Å²) in [5.41, 5.74) is 2.72. The zero-order valence-electron chi connectivity index (χ0n) is 17.9. The van der Waals surface area contributed by atoms with Gasteiger partial charge >= 0.3 is 0 Å². The first-order valence-electron chi connectivity index (χ1n) is 9.69.